The van der Waals surface area contributed by atoms with Crippen LogP contribution in [0.15, 0.2) is 21.5 Å². The van der Waals surface area contributed by atoms with Crippen LogP contribution in [-0.4, -0.2) is 25.4 Å². The third-order valence-corrected chi connectivity index (χ3v) is 3.67. The smallest absolute Gasteiger partial charge is 0.335 e. The minimum atomic E-state index is -1.04. The first kappa shape index (κ1) is 12.3. The first-order valence-corrected chi connectivity index (χ1v) is 6.40. The van der Waals surface area contributed by atoms with E-state index in [-0.39, 0.29) is 10.7 Å². The molecule has 0 aliphatic carbocycles. The zero-order valence-corrected chi connectivity index (χ0v) is 10.9. The van der Waals surface area contributed by atoms with Gasteiger partial charge in [-0.05, 0) is 42.4 Å². The summed E-state index contributed by atoms with van der Waals surface area (Å²) in [5, 5.41) is 9.52. The van der Waals surface area contributed by atoms with E-state index in [2.05, 4.69) is 14.3 Å². The summed E-state index contributed by atoms with van der Waals surface area (Å²) in [4.78, 5) is 19.0. The van der Waals surface area contributed by atoms with Gasteiger partial charge in [-0.15, -0.1) is 0 Å². The molecule has 0 atom stereocenters. The second kappa shape index (κ2) is 4.99. The molecule has 0 aliphatic rings. The standard InChI is InChI=1S/C9H6ClN3O2S2/c1-4-11-9(17-13-4)16-7-3-5(8(14)15)2-6(10)12-7/h2-3H,1H3,(H,14,15). The maximum absolute atomic E-state index is 10.8. The van der Waals surface area contributed by atoms with Gasteiger partial charge in [0.15, 0.2) is 4.34 Å². The van der Waals surface area contributed by atoms with Crippen LogP contribution in [0, 0.1) is 6.92 Å². The zero-order chi connectivity index (χ0) is 12.4. The van der Waals surface area contributed by atoms with E-state index in [0.29, 0.717) is 15.2 Å². The summed E-state index contributed by atoms with van der Waals surface area (Å²) >= 11 is 8.22. The molecule has 2 heterocycles. The molecule has 2 rings (SSSR count). The predicted molar refractivity (Wildman–Crippen MR) is 65.0 cm³/mol. The average molecular weight is 288 g/mol. The molecule has 0 aliphatic heterocycles. The van der Waals surface area contributed by atoms with Crippen molar-refractivity contribution in [2.45, 2.75) is 16.3 Å². The third kappa shape index (κ3) is 3.15. The number of halogens is 1. The van der Waals surface area contributed by atoms with E-state index in [0.717, 1.165) is 0 Å². The Labute approximate surface area is 110 Å². The van der Waals surface area contributed by atoms with Crippen LogP contribution in [-0.2, 0) is 0 Å². The van der Waals surface area contributed by atoms with E-state index in [1.165, 1.54) is 35.4 Å². The van der Waals surface area contributed by atoms with Crippen molar-refractivity contribution in [3.8, 4) is 0 Å². The van der Waals surface area contributed by atoms with Gasteiger partial charge in [-0.25, -0.2) is 14.8 Å². The van der Waals surface area contributed by atoms with E-state index in [1.54, 1.807) is 6.92 Å². The fourth-order valence-corrected chi connectivity index (χ4v) is 2.94. The monoisotopic (exact) mass is 287 g/mol. The molecular weight excluding hydrogens is 282 g/mol. The topological polar surface area (TPSA) is 76.0 Å². The van der Waals surface area contributed by atoms with E-state index in [1.807, 2.05) is 0 Å². The SMILES string of the molecule is Cc1nsc(Sc2cc(C(=O)O)cc(Cl)n2)n1. The molecule has 2 aromatic heterocycles. The molecule has 2 aromatic rings. The Morgan fingerprint density at radius 2 is 2.24 bits per heavy atom. The van der Waals surface area contributed by atoms with Gasteiger partial charge in [-0.3, -0.25) is 0 Å². The highest BCUT2D eigenvalue weighted by atomic mass is 35.5. The van der Waals surface area contributed by atoms with Crippen molar-refractivity contribution in [1.82, 2.24) is 14.3 Å². The van der Waals surface area contributed by atoms with Crippen molar-refractivity contribution in [3.05, 3.63) is 28.7 Å². The molecule has 88 valence electrons. The van der Waals surface area contributed by atoms with Crippen LogP contribution in [0.3, 0.4) is 0 Å². The van der Waals surface area contributed by atoms with Gasteiger partial charge in [0.1, 0.15) is 16.0 Å². The second-order valence-corrected chi connectivity index (χ2v) is 5.44. The molecule has 0 bridgehead atoms. The van der Waals surface area contributed by atoms with Crippen LogP contribution in [0.1, 0.15) is 16.2 Å². The Bertz CT molecular complexity index is 573. The number of aromatic nitrogens is 3. The van der Waals surface area contributed by atoms with Crippen molar-refractivity contribution >= 4 is 40.9 Å². The summed E-state index contributed by atoms with van der Waals surface area (Å²) in [5.74, 6) is -0.359. The van der Waals surface area contributed by atoms with Crippen molar-refractivity contribution in [2.24, 2.45) is 0 Å². The normalized spacial score (nSPS) is 10.5. The highest BCUT2D eigenvalue weighted by Crippen LogP contribution is 2.29. The van der Waals surface area contributed by atoms with Crippen molar-refractivity contribution in [2.75, 3.05) is 0 Å². The number of rotatable bonds is 3. The van der Waals surface area contributed by atoms with Crippen LogP contribution in [0.4, 0.5) is 0 Å². The van der Waals surface area contributed by atoms with E-state index in [9.17, 15) is 4.79 Å². The number of carboxylic acids is 1. The molecule has 0 unspecified atom stereocenters. The minimum Gasteiger partial charge on any atom is -0.478 e. The van der Waals surface area contributed by atoms with Crippen LogP contribution in [0.25, 0.3) is 0 Å². The van der Waals surface area contributed by atoms with E-state index in [4.69, 9.17) is 16.7 Å². The van der Waals surface area contributed by atoms with Crippen LogP contribution in [0.5, 0.6) is 0 Å². The molecule has 0 radical (unpaired) electrons. The van der Waals surface area contributed by atoms with Gasteiger partial charge in [0.25, 0.3) is 0 Å². The molecule has 0 fully saturated rings. The van der Waals surface area contributed by atoms with Gasteiger partial charge in [0, 0.05) is 0 Å². The zero-order valence-electron chi connectivity index (χ0n) is 8.55. The molecule has 0 aromatic carbocycles. The minimum absolute atomic E-state index is 0.105. The molecule has 5 nitrogen and oxygen atoms in total. The largest absolute Gasteiger partial charge is 0.478 e. The van der Waals surface area contributed by atoms with Crippen molar-refractivity contribution < 1.29 is 9.90 Å². The van der Waals surface area contributed by atoms with E-state index < -0.39 is 5.97 Å². The molecule has 17 heavy (non-hydrogen) atoms. The van der Waals surface area contributed by atoms with Gasteiger partial charge < -0.3 is 5.11 Å². The van der Waals surface area contributed by atoms with Gasteiger partial charge >= 0.3 is 5.97 Å². The van der Waals surface area contributed by atoms with Gasteiger partial charge in [0.2, 0.25) is 0 Å². The van der Waals surface area contributed by atoms with Crippen molar-refractivity contribution in [1.29, 1.82) is 0 Å². The van der Waals surface area contributed by atoms with E-state index >= 15 is 0 Å². The lowest BCUT2D eigenvalue weighted by Gasteiger charge is -2.00. The quantitative estimate of drug-likeness (QED) is 0.875. The number of pyridine rings is 1. The number of hydrogen-bond donors (Lipinski definition) is 1. The number of carbonyl (C=O) groups is 1. The maximum atomic E-state index is 10.8. The Morgan fingerprint density at radius 1 is 1.47 bits per heavy atom. The number of nitrogens with zero attached hydrogens (tertiary/aromatic N) is 3. The third-order valence-electron chi connectivity index (χ3n) is 1.72. The average Bonchev–Trinajstić information content (AvgIpc) is 2.63. The molecule has 1 N–H and O–H groups in total. The van der Waals surface area contributed by atoms with Crippen molar-refractivity contribution in [3.63, 3.8) is 0 Å². The molecule has 0 saturated carbocycles. The fraction of sp³-hybridized carbons (Fsp3) is 0.111. The van der Waals surface area contributed by atoms with Crippen LogP contribution < -0.4 is 0 Å². The molecule has 0 spiro atoms. The number of hydrogen-bond acceptors (Lipinski definition) is 6. The summed E-state index contributed by atoms with van der Waals surface area (Å²) < 4.78 is 4.73. The highest BCUT2D eigenvalue weighted by molar-refractivity contribution is 8.00. The lowest BCUT2D eigenvalue weighted by atomic mass is 10.3. The van der Waals surface area contributed by atoms with Crippen LogP contribution in [0.2, 0.25) is 5.15 Å². The molecule has 8 heteroatoms. The molecular formula is C9H6ClN3O2S2. The number of aromatic carboxylic acids is 1. The van der Waals surface area contributed by atoms with Gasteiger partial charge in [0.05, 0.1) is 5.56 Å². The van der Waals surface area contributed by atoms with Gasteiger partial charge in [-0.2, -0.15) is 4.37 Å². The Kier molecular flexibility index (Phi) is 3.60. The number of carboxylic acid groups (broad SMARTS) is 1. The Hall–Kier alpha value is -1.18. The maximum Gasteiger partial charge on any atom is 0.335 e. The summed E-state index contributed by atoms with van der Waals surface area (Å²) in [7, 11) is 0. The lowest BCUT2D eigenvalue weighted by molar-refractivity contribution is 0.0696. The number of aryl methyl sites for hydroxylation is 1. The van der Waals surface area contributed by atoms with Gasteiger partial charge in [-0.1, -0.05) is 11.6 Å². The predicted octanol–water partition coefficient (Wildman–Crippen LogP) is 2.74. The first-order chi connectivity index (χ1) is 8.04. The first-order valence-electron chi connectivity index (χ1n) is 4.43. The van der Waals surface area contributed by atoms with Crippen LogP contribution >= 0.6 is 34.9 Å². The molecule has 0 amide bonds. The fourth-order valence-electron chi connectivity index (χ4n) is 1.06. The highest BCUT2D eigenvalue weighted by Gasteiger charge is 2.10. The second-order valence-electron chi connectivity index (χ2n) is 3.03. The summed E-state index contributed by atoms with van der Waals surface area (Å²) in [6, 6.07) is 2.76. The summed E-state index contributed by atoms with van der Waals surface area (Å²) in [6.45, 7) is 1.79. The molecule has 0 saturated heterocycles. The summed E-state index contributed by atoms with van der Waals surface area (Å²) in [6.07, 6.45) is 0. The lowest BCUT2D eigenvalue weighted by Crippen LogP contribution is -1.97. The summed E-state index contributed by atoms with van der Waals surface area (Å²) in [5.41, 5.74) is 0.105. The Balaban J connectivity index is 2.29. The Morgan fingerprint density at radius 3 is 2.82 bits per heavy atom.